The molecular formula is C10H18N6O4. The Kier molecular flexibility index (Phi) is 9.36. The minimum Gasteiger partial charge on any atom is -0.480 e. The van der Waals surface area contributed by atoms with Gasteiger partial charge >= 0.3 is 5.97 Å². The Balaban J connectivity index is 3.57. The van der Waals surface area contributed by atoms with Crippen LogP contribution in [0.1, 0.15) is 19.3 Å². The molecule has 0 radical (unpaired) electrons. The number of carbonyl (C=O) groups is 3. The zero-order chi connectivity index (χ0) is 15.4. The number of carboxylic acids is 1. The Bertz CT molecular complexity index is 393. The molecular weight excluding hydrogens is 268 g/mol. The number of amides is 2. The van der Waals surface area contributed by atoms with Gasteiger partial charge in [-0.1, -0.05) is 5.11 Å². The van der Waals surface area contributed by atoms with Crippen molar-refractivity contribution in [3.63, 3.8) is 0 Å². The van der Waals surface area contributed by atoms with Crippen molar-refractivity contribution in [3.8, 4) is 0 Å². The smallest absolute Gasteiger partial charge is 0.320 e. The van der Waals surface area contributed by atoms with Crippen molar-refractivity contribution >= 4 is 17.8 Å². The summed E-state index contributed by atoms with van der Waals surface area (Å²) in [6, 6.07) is -0.884. The maximum Gasteiger partial charge on any atom is 0.320 e. The van der Waals surface area contributed by atoms with Gasteiger partial charge in [-0.05, 0) is 24.8 Å². The Morgan fingerprint density at radius 1 is 1.25 bits per heavy atom. The normalized spacial score (nSPS) is 11.1. The molecule has 0 saturated carbocycles. The lowest BCUT2D eigenvalue weighted by molar-refractivity contribution is -0.138. The molecule has 10 nitrogen and oxygen atoms in total. The number of hydrogen-bond donors (Lipinski definition) is 4. The number of nitrogens with one attached hydrogen (secondary N) is 2. The standard InChI is InChI=1S/C10H18N6O4/c11-7(10(19)20)3-1-2-4-13-8(17)5-14-9(18)6-15-16-12/h7H,1-6,11H2,(H,13,17)(H,14,18)(H,19,20)/t7-/m0/s1. The molecule has 2 amide bonds. The van der Waals surface area contributed by atoms with Gasteiger partial charge in [-0.25, -0.2) is 0 Å². The molecule has 0 aromatic heterocycles. The average Bonchev–Trinajstić information content (AvgIpc) is 2.41. The van der Waals surface area contributed by atoms with Gasteiger partial charge in [0.05, 0.1) is 6.54 Å². The highest BCUT2D eigenvalue weighted by molar-refractivity contribution is 5.85. The fourth-order valence-electron chi connectivity index (χ4n) is 1.23. The Morgan fingerprint density at radius 3 is 2.55 bits per heavy atom. The SMILES string of the molecule is [N-]=[N+]=NCC(=O)NCC(=O)NCCCC[C@H](N)C(=O)O. The molecule has 0 heterocycles. The summed E-state index contributed by atoms with van der Waals surface area (Å²) in [6.07, 6.45) is 1.52. The lowest BCUT2D eigenvalue weighted by atomic mass is 10.1. The van der Waals surface area contributed by atoms with Crippen molar-refractivity contribution in [3.05, 3.63) is 10.4 Å². The molecule has 0 fully saturated rings. The molecule has 1 atom stereocenters. The number of nitrogens with two attached hydrogens (primary N) is 1. The highest BCUT2D eigenvalue weighted by atomic mass is 16.4. The average molecular weight is 286 g/mol. The number of carboxylic acid groups (broad SMARTS) is 1. The maximum atomic E-state index is 11.3. The summed E-state index contributed by atoms with van der Waals surface area (Å²) in [7, 11) is 0. The second kappa shape index (κ2) is 10.6. The topological polar surface area (TPSA) is 170 Å². The number of hydrogen-bond acceptors (Lipinski definition) is 5. The summed E-state index contributed by atoms with van der Waals surface area (Å²) in [6.45, 7) is -0.178. The summed E-state index contributed by atoms with van der Waals surface area (Å²) in [5, 5.41) is 16.4. The lowest BCUT2D eigenvalue weighted by Crippen LogP contribution is -2.38. The molecule has 5 N–H and O–H groups in total. The first kappa shape index (κ1) is 17.7. The molecule has 20 heavy (non-hydrogen) atoms. The highest BCUT2D eigenvalue weighted by Gasteiger charge is 2.10. The summed E-state index contributed by atoms with van der Waals surface area (Å²) in [5.41, 5.74) is 13.3. The fourth-order valence-corrected chi connectivity index (χ4v) is 1.23. The van der Waals surface area contributed by atoms with Gasteiger partial charge in [0.15, 0.2) is 0 Å². The molecule has 0 aliphatic rings. The Labute approximate surface area is 115 Å². The third-order valence-electron chi connectivity index (χ3n) is 2.30. The quantitative estimate of drug-likeness (QED) is 0.176. The van der Waals surface area contributed by atoms with E-state index in [1.165, 1.54) is 0 Å². The lowest BCUT2D eigenvalue weighted by Gasteiger charge is -2.07. The van der Waals surface area contributed by atoms with Gasteiger partial charge in [0.25, 0.3) is 0 Å². The van der Waals surface area contributed by atoms with E-state index in [1.807, 2.05) is 0 Å². The highest BCUT2D eigenvalue weighted by Crippen LogP contribution is 1.98. The van der Waals surface area contributed by atoms with Crippen LogP contribution in [0.2, 0.25) is 0 Å². The second-order valence-corrected chi connectivity index (χ2v) is 3.96. The van der Waals surface area contributed by atoms with E-state index in [4.69, 9.17) is 16.4 Å². The van der Waals surface area contributed by atoms with Crippen LogP contribution < -0.4 is 16.4 Å². The Morgan fingerprint density at radius 2 is 1.95 bits per heavy atom. The van der Waals surface area contributed by atoms with Crippen molar-refractivity contribution < 1.29 is 19.5 Å². The molecule has 0 rings (SSSR count). The maximum absolute atomic E-state index is 11.3. The van der Waals surface area contributed by atoms with Gasteiger partial charge in [0.2, 0.25) is 11.8 Å². The number of aliphatic carboxylic acids is 1. The van der Waals surface area contributed by atoms with Crippen molar-refractivity contribution in [2.75, 3.05) is 19.6 Å². The second-order valence-electron chi connectivity index (χ2n) is 3.96. The van der Waals surface area contributed by atoms with E-state index in [1.54, 1.807) is 0 Å². The molecule has 0 aromatic carbocycles. The molecule has 112 valence electrons. The number of carbonyl (C=O) groups excluding carboxylic acids is 2. The van der Waals surface area contributed by atoms with Crippen LogP contribution in [0.15, 0.2) is 5.11 Å². The molecule has 0 aliphatic heterocycles. The van der Waals surface area contributed by atoms with Crippen LogP contribution in [0.3, 0.4) is 0 Å². The molecule has 0 spiro atoms. The van der Waals surface area contributed by atoms with Crippen LogP contribution in [0.25, 0.3) is 10.4 Å². The van der Waals surface area contributed by atoms with Gasteiger partial charge < -0.3 is 21.5 Å². The van der Waals surface area contributed by atoms with E-state index in [0.717, 1.165) is 0 Å². The van der Waals surface area contributed by atoms with E-state index in [-0.39, 0.29) is 19.0 Å². The van der Waals surface area contributed by atoms with Crippen molar-refractivity contribution in [1.29, 1.82) is 0 Å². The number of azide groups is 1. The molecule has 0 aliphatic carbocycles. The number of nitrogens with zero attached hydrogens (tertiary/aromatic N) is 3. The van der Waals surface area contributed by atoms with Crippen LogP contribution in [0.4, 0.5) is 0 Å². The fraction of sp³-hybridized carbons (Fsp3) is 0.700. The monoisotopic (exact) mass is 286 g/mol. The molecule has 0 bridgehead atoms. The van der Waals surface area contributed by atoms with E-state index >= 15 is 0 Å². The van der Waals surface area contributed by atoms with Gasteiger partial charge in [-0.15, -0.1) is 0 Å². The third kappa shape index (κ3) is 9.68. The van der Waals surface area contributed by atoms with Gasteiger partial charge in [0, 0.05) is 11.5 Å². The van der Waals surface area contributed by atoms with Gasteiger partial charge in [-0.2, -0.15) is 0 Å². The van der Waals surface area contributed by atoms with E-state index in [9.17, 15) is 14.4 Å². The number of rotatable bonds is 10. The predicted octanol–water partition coefficient (Wildman–Crippen LogP) is -0.889. The van der Waals surface area contributed by atoms with Crippen LogP contribution in [0.5, 0.6) is 0 Å². The third-order valence-corrected chi connectivity index (χ3v) is 2.30. The molecule has 10 heteroatoms. The summed E-state index contributed by atoms with van der Waals surface area (Å²) in [5.74, 6) is -1.95. The minimum absolute atomic E-state index is 0.200. The first-order valence-corrected chi connectivity index (χ1v) is 6.00. The first-order valence-electron chi connectivity index (χ1n) is 6.00. The zero-order valence-corrected chi connectivity index (χ0v) is 10.9. The zero-order valence-electron chi connectivity index (χ0n) is 10.9. The molecule has 0 unspecified atom stereocenters. The van der Waals surface area contributed by atoms with E-state index < -0.39 is 17.9 Å². The van der Waals surface area contributed by atoms with Crippen LogP contribution in [-0.2, 0) is 14.4 Å². The van der Waals surface area contributed by atoms with Gasteiger partial charge in [0.1, 0.15) is 12.6 Å². The number of unbranched alkanes of at least 4 members (excludes halogenated alkanes) is 1. The molecule has 0 saturated heterocycles. The van der Waals surface area contributed by atoms with E-state index in [2.05, 4.69) is 20.7 Å². The van der Waals surface area contributed by atoms with Crippen LogP contribution in [0, 0.1) is 0 Å². The summed E-state index contributed by atoms with van der Waals surface area (Å²) in [4.78, 5) is 35.1. The predicted molar refractivity (Wildman–Crippen MR) is 69.5 cm³/mol. The van der Waals surface area contributed by atoms with Crippen molar-refractivity contribution in [2.24, 2.45) is 10.8 Å². The molecule has 0 aromatic rings. The minimum atomic E-state index is -1.04. The first-order chi connectivity index (χ1) is 9.47. The van der Waals surface area contributed by atoms with Crippen LogP contribution in [-0.4, -0.2) is 48.6 Å². The largest absolute Gasteiger partial charge is 0.480 e. The van der Waals surface area contributed by atoms with E-state index in [0.29, 0.717) is 25.8 Å². The summed E-state index contributed by atoms with van der Waals surface area (Å²) >= 11 is 0. The Hall–Kier alpha value is -2.32. The van der Waals surface area contributed by atoms with Crippen molar-refractivity contribution in [1.82, 2.24) is 10.6 Å². The summed E-state index contributed by atoms with van der Waals surface area (Å²) < 4.78 is 0. The van der Waals surface area contributed by atoms with Gasteiger partial charge in [-0.3, -0.25) is 14.4 Å². The van der Waals surface area contributed by atoms with Crippen molar-refractivity contribution in [2.45, 2.75) is 25.3 Å². The van der Waals surface area contributed by atoms with Crippen LogP contribution >= 0.6 is 0 Å².